The minimum absolute atomic E-state index is 0.184. The second kappa shape index (κ2) is 11.2. The third-order valence-corrected chi connectivity index (χ3v) is 4.32. The first-order valence-electron chi connectivity index (χ1n) is 9.93. The fourth-order valence-corrected chi connectivity index (χ4v) is 2.81. The van der Waals surface area contributed by atoms with Gasteiger partial charge in [0.2, 0.25) is 0 Å². The third kappa shape index (κ3) is 7.00. The number of rotatable bonds is 10. The molecular weight excluding hydrogens is 426 g/mol. The Bertz CT molecular complexity index is 1130. The molecule has 3 aromatic carbocycles. The van der Waals surface area contributed by atoms with E-state index in [1.54, 1.807) is 36.4 Å². The molecule has 170 valence electrons. The largest absolute Gasteiger partial charge is 0.493 e. The van der Waals surface area contributed by atoms with Gasteiger partial charge in [-0.2, -0.15) is 0 Å². The second-order valence-electron chi connectivity index (χ2n) is 6.81. The molecule has 0 radical (unpaired) electrons. The summed E-state index contributed by atoms with van der Waals surface area (Å²) in [5.74, 6) is -0.333. The van der Waals surface area contributed by atoms with Crippen LogP contribution in [0, 0.1) is 0 Å². The number of hydrogen-bond donors (Lipinski definition) is 3. The summed E-state index contributed by atoms with van der Waals surface area (Å²) < 4.78 is 16.0. The first-order valence-corrected chi connectivity index (χ1v) is 9.93. The molecule has 0 saturated carbocycles. The maximum atomic E-state index is 12.7. The SMILES string of the molecule is COc1cc(C(=O)Nc2cccc(OCC(=O)Nc3ccccc3)c2)ccc1OCC(N)=O. The van der Waals surface area contributed by atoms with Crippen molar-refractivity contribution in [1.82, 2.24) is 0 Å². The van der Waals surface area contributed by atoms with Gasteiger partial charge in [-0.05, 0) is 42.5 Å². The van der Waals surface area contributed by atoms with Crippen LogP contribution in [0.15, 0.2) is 72.8 Å². The lowest BCUT2D eigenvalue weighted by molar-refractivity contribution is -0.120. The Hall–Kier alpha value is -4.53. The van der Waals surface area contributed by atoms with Crippen LogP contribution in [-0.4, -0.2) is 38.0 Å². The van der Waals surface area contributed by atoms with Crippen LogP contribution in [-0.2, 0) is 9.59 Å². The molecule has 0 spiro atoms. The second-order valence-corrected chi connectivity index (χ2v) is 6.81. The summed E-state index contributed by atoms with van der Waals surface area (Å²) in [6.45, 7) is -0.492. The Morgan fingerprint density at radius 2 is 1.55 bits per heavy atom. The van der Waals surface area contributed by atoms with Crippen LogP contribution >= 0.6 is 0 Å². The van der Waals surface area contributed by atoms with E-state index in [1.807, 2.05) is 18.2 Å². The summed E-state index contributed by atoms with van der Waals surface area (Å²) in [6.07, 6.45) is 0. The highest BCUT2D eigenvalue weighted by Crippen LogP contribution is 2.28. The van der Waals surface area contributed by atoms with Gasteiger partial charge in [-0.3, -0.25) is 14.4 Å². The molecule has 3 amide bonds. The summed E-state index contributed by atoms with van der Waals surface area (Å²) in [5, 5.41) is 5.49. The van der Waals surface area contributed by atoms with Gasteiger partial charge in [0.1, 0.15) is 5.75 Å². The number of nitrogens with one attached hydrogen (secondary N) is 2. The van der Waals surface area contributed by atoms with Crippen LogP contribution in [0.2, 0.25) is 0 Å². The van der Waals surface area contributed by atoms with E-state index in [9.17, 15) is 14.4 Å². The van der Waals surface area contributed by atoms with Crippen molar-refractivity contribution in [3.8, 4) is 17.2 Å². The van der Waals surface area contributed by atoms with Crippen LogP contribution in [0.25, 0.3) is 0 Å². The van der Waals surface area contributed by atoms with E-state index in [1.165, 1.54) is 25.3 Å². The number of para-hydroxylation sites is 1. The number of benzene rings is 3. The molecule has 0 atom stereocenters. The predicted molar refractivity (Wildman–Crippen MR) is 123 cm³/mol. The molecule has 0 heterocycles. The smallest absolute Gasteiger partial charge is 0.262 e. The highest BCUT2D eigenvalue weighted by molar-refractivity contribution is 6.04. The standard InChI is InChI=1S/C24H23N3O6/c1-31-21-12-16(10-11-20(21)33-14-22(25)28)24(30)27-18-8-5-9-19(13-18)32-15-23(29)26-17-6-3-2-4-7-17/h2-13H,14-15H2,1H3,(H2,25,28)(H,26,29)(H,27,30). The van der Waals surface area contributed by atoms with Crippen molar-refractivity contribution in [2.45, 2.75) is 0 Å². The molecule has 9 heteroatoms. The molecule has 0 unspecified atom stereocenters. The first kappa shape index (κ1) is 23.1. The number of nitrogens with two attached hydrogens (primary N) is 1. The lowest BCUT2D eigenvalue weighted by Gasteiger charge is -2.12. The van der Waals surface area contributed by atoms with Gasteiger partial charge in [0.25, 0.3) is 17.7 Å². The van der Waals surface area contributed by atoms with Crippen LogP contribution in [0.1, 0.15) is 10.4 Å². The predicted octanol–water partition coefficient (Wildman–Crippen LogP) is 2.83. The summed E-state index contributed by atoms with van der Waals surface area (Å²) in [4.78, 5) is 35.6. The van der Waals surface area contributed by atoms with E-state index < -0.39 is 11.8 Å². The molecule has 4 N–H and O–H groups in total. The Labute approximate surface area is 190 Å². The van der Waals surface area contributed by atoms with Crippen molar-refractivity contribution in [2.75, 3.05) is 31.0 Å². The number of anilines is 2. The average molecular weight is 449 g/mol. The molecule has 0 aromatic heterocycles. The Morgan fingerprint density at radius 1 is 0.788 bits per heavy atom. The Balaban J connectivity index is 1.59. The third-order valence-electron chi connectivity index (χ3n) is 4.32. The highest BCUT2D eigenvalue weighted by Gasteiger charge is 2.13. The van der Waals surface area contributed by atoms with Gasteiger partial charge < -0.3 is 30.6 Å². The maximum absolute atomic E-state index is 12.7. The molecule has 3 aromatic rings. The summed E-state index contributed by atoms with van der Waals surface area (Å²) in [5.41, 5.74) is 6.55. The number of carbonyl (C=O) groups is 3. The molecule has 33 heavy (non-hydrogen) atoms. The van der Waals surface area contributed by atoms with E-state index in [4.69, 9.17) is 19.9 Å². The number of amides is 3. The molecule has 0 aliphatic heterocycles. The van der Waals surface area contributed by atoms with Crippen molar-refractivity contribution in [3.63, 3.8) is 0 Å². The zero-order valence-corrected chi connectivity index (χ0v) is 17.9. The van der Waals surface area contributed by atoms with Crippen LogP contribution in [0.4, 0.5) is 11.4 Å². The Morgan fingerprint density at radius 3 is 2.27 bits per heavy atom. The fourth-order valence-electron chi connectivity index (χ4n) is 2.81. The molecule has 0 saturated heterocycles. The number of ether oxygens (including phenoxy) is 3. The molecule has 0 aliphatic rings. The van der Waals surface area contributed by atoms with E-state index in [-0.39, 0.29) is 30.6 Å². The number of methoxy groups -OCH3 is 1. The van der Waals surface area contributed by atoms with E-state index >= 15 is 0 Å². The number of carbonyl (C=O) groups excluding carboxylic acids is 3. The van der Waals surface area contributed by atoms with E-state index in [0.29, 0.717) is 22.7 Å². The lowest BCUT2D eigenvalue weighted by Crippen LogP contribution is -2.20. The van der Waals surface area contributed by atoms with Crippen molar-refractivity contribution in [2.24, 2.45) is 5.73 Å². The van der Waals surface area contributed by atoms with Gasteiger partial charge in [-0.15, -0.1) is 0 Å². The van der Waals surface area contributed by atoms with Crippen molar-refractivity contribution in [1.29, 1.82) is 0 Å². The van der Waals surface area contributed by atoms with Crippen LogP contribution in [0.5, 0.6) is 17.2 Å². The molecule has 0 fully saturated rings. The van der Waals surface area contributed by atoms with Gasteiger partial charge in [0.15, 0.2) is 24.7 Å². The summed E-state index contributed by atoms with van der Waals surface area (Å²) in [7, 11) is 1.42. The quantitative estimate of drug-likeness (QED) is 0.437. The van der Waals surface area contributed by atoms with Crippen LogP contribution < -0.4 is 30.6 Å². The van der Waals surface area contributed by atoms with Gasteiger partial charge in [-0.1, -0.05) is 24.3 Å². The van der Waals surface area contributed by atoms with Crippen molar-refractivity contribution in [3.05, 3.63) is 78.4 Å². The average Bonchev–Trinajstić information content (AvgIpc) is 2.82. The van der Waals surface area contributed by atoms with E-state index in [2.05, 4.69) is 10.6 Å². The number of hydrogen-bond acceptors (Lipinski definition) is 6. The molecular formula is C24H23N3O6. The highest BCUT2D eigenvalue weighted by atomic mass is 16.5. The monoisotopic (exact) mass is 449 g/mol. The summed E-state index contributed by atoms with van der Waals surface area (Å²) >= 11 is 0. The van der Waals surface area contributed by atoms with Crippen LogP contribution in [0.3, 0.4) is 0 Å². The summed E-state index contributed by atoms with van der Waals surface area (Å²) in [6, 6.07) is 20.3. The molecule has 9 nitrogen and oxygen atoms in total. The number of primary amides is 1. The Kier molecular flexibility index (Phi) is 7.85. The fraction of sp³-hybridized carbons (Fsp3) is 0.125. The topological polar surface area (TPSA) is 129 Å². The van der Waals surface area contributed by atoms with Crippen molar-refractivity contribution >= 4 is 29.1 Å². The maximum Gasteiger partial charge on any atom is 0.262 e. The van der Waals surface area contributed by atoms with Gasteiger partial charge in [0.05, 0.1) is 7.11 Å². The van der Waals surface area contributed by atoms with Gasteiger partial charge in [0, 0.05) is 23.0 Å². The lowest BCUT2D eigenvalue weighted by atomic mass is 10.1. The van der Waals surface area contributed by atoms with Gasteiger partial charge >= 0.3 is 0 Å². The minimum Gasteiger partial charge on any atom is -0.493 e. The zero-order chi connectivity index (χ0) is 23.6. The zero-order valence-electron chi connectivity index (χ0n) is 17.9. The van der Waals surface area contributed by atoms with Crippen molar-refractivity contribution < 1.29 is 28.6 Å². The first-order chi connectivity index (χ1) is 15.9. The molecule has 0 bridgehead atoms. The minimum atomic E-state index is -0.626. The molecule has 3 rings (SSSR count). The van der Waals surface area contributed by atoms with Gasteiger partial charge in [-0.25, -0.2) is 0 Å². The van der Waals surface area contributed by atoms with E-state index in [0.717, 1.165) is 0 Å². The molecule has 0 aliphatic carbocycles. The normalized spacial score (nSPS) is 10.1.